The lowest BCUT2D eigenvalue weighted by atomic mass is 10.2. The van der Waals surface area contributed by atoms with Gasteiger partial charge in [0.1, 0.15) is 0 Å². The second-order valence-corrected chi connectivity index (χ2v) is 4.39. The van der Waals surface area contributed by atoms with Crippen molar-refractivity contribution in [3.8, 4) is 0 Å². The van der Waals surface area contributed by atoms with Crippen LogP contribution in [-0.4, -0.2) is 0 Å². The minimum absolute atomic E-state index is 0.998. The molecule has 0 bridgehead atoms. The second-order valence-electron chi connectivity index (χ2n) is 4.39. The van der Waals surface area contributed by atoms with Crippen molar-refractivity contribution in [2.24, 2.45) is 0 Å². The van der Waals surface area contributed by atoms with Gasteiger partial charge in [-0.1, -0.05) is 103 Å². The van der Waals surface area contributed by atoms with Gasteiger partial charge < -0.3 is 0 Å². The van der Waals surface area contributed by atoms with Crippen LogP contribution in [0.5, 0.6) is 0 Å². The van der Waals surface area contributed by atoms with E-state index in [0.717, 1.165) is 19.3 Å². The molecule has 0 nitrogen and oxygen atoms in total. The quantitative estimate of drug-likeness (QED) is 0.510. The first-order valence-electron chi connectivity index (χ1n) is 7.38. The van der Waals surface area contributed by atoms with Gasteiger partial charge >= 0.3 is 0 Å². The summed E-state index contributed by atoms with van der Waals surface area (Å²) in [6, 6.07) is 0. The Morgan fingerprint density at radius 3 is 1.43 bits per heavy atom. The highest BCUT2D eigenvalue weighted by atomic mass is 13.8. The van der Waals surface area contributed by atoms with Crippen LogP contribution >= 0.6 is 0 Å². The minimum atomic E-state index is 0.998. The van der Waals surface area contributed by atoms with E-state index in [1.165, 1.54) is 0 Å². The zero-order chi connectivity index (χ0) is 14.8. The number of rotatable bonds is 0. The van der Waals surface area contributed by atoms with Crippen LogP contribution in [0.2, 0.25) is 0 Å². The summed E-state index contributed by atoms with van der Waals surface area (Å²) in [4.78, 5) is 0. The summed E-state index contributed by atoms with van der Waals surface area (Å²) in [5.41, 5.74) is 0. The molecule has 0 atom stereocenters. The highest BCUT2D eigenvalue weighted by Crippen LogP contribution is 1.98. The van der Waals surface area contributed by atoms with Gasteiger partial charge in [-0.15, -0.1) is 0 Å². The highest BCUT2D eigenvalue weighted by Gasteiger charge is 1.79. The van der Waals surface area contributed by atoms with E-state index in [1.807, 2.05) is 85.1 Å². The van der Waals surface area contributed by atoms with Gasteiger partial charge in [0.15, 0.2) is 0 Å². The number of hydrogen-bond donors (Lipinski definition) is 0. The average molecular weight is 275 g/mol. The van der Waals surface area contributed by atoms with Gasteiger partial charge in [0.2, 0.25) is 0 Å². The predicted octanol–water partition coefficient (Wildman–Crippen LogP) is 5.98. The first-order chi connectivity index (χ1) is 10.5. The van der Waals surface area contributed by atoms with Crippen molar-refractivity contribution in [2.45, 2.75) is 19.3 Å². The van der Waals surface area contributed by atoms with Crippen LogP contribution in [0.4, 0.5) is 0 Å². The van der Waals surface area contributed by atoms with Crippen molar-refractivity contribution in [3.05, 3.63) is 109 Å². The van der Waals surface area contributed by atoms with Crippen LogP contribution < -0.4 is 0 Å². The smallest absolute Gasteiger partial charge is 0.0273 e. The van der Waals surface area contributed by atoms with Crippen molar-refractivity contribution in [3.63, 3.8) is 0 Å². The van der Waals surface area contributed by atoms with Crippen LogP contribution in [0.3, 0.4) is 0 Å². The standard InChI is InChI=1S/C21H23/c1-2-4-6-8-10-12-14-16-18-20-21-19-17-15-13-11-9-7-5-3-1/h1-17H,18,20-21H2/b3-1-,4-2+,7-5+,8-6+,11-9+,12-10+,15-13+,16-14+,19-17?. The molecule has 0 heterocycles. The fourth-order valence-corrected chi connectivity index (χ4v) is 1.54. The molecule has 0 amide bonds. The Labute approximate surface area is 129 Å². The summed E-state index contributed by atoms with van der Waals surface area (Å²) in [6.45, 7) is 0. The monoisotopic (exact) mass is 275 g/mol. The van der Waals surface area contributed by atoms with Crippen molar-refractivity contribution >= 4 is 0 Å². The number of hydrogen-bond acceptors (Lipinski definition) is 0. The molecule has 0 aromatic rings. The van der Waals surface area contributed by atoms with E-state index in [9.17, 15) is 0 Å². The zero-order valence-electron chi connectivity index (χ0n) is 12.4. The molecule has 0 unspecified atom stereocenters. The van der Waals surface area contributed by atoms with E-state index in [0.29, 0.717) is 0 Å². The second kappa shape index (κ2) is 14.1. The molecule has 1 aliphatic rings. The Bertz CT molecular complexity index is 454. The molecular weight excluding hydrogens is 252 g/mol. The molecule has 0 aromatic heterocycles. The summed E-state index contributed by atoms with van der Waals surface area (Å²) in [5.74, 6) is 0. The molecule has 0 saturated carbocycles. The molecule has 1 rings (SSSR count). The Morgan fingerprint density at radius 1 is 0.476 bits per heavy atom. The van der Waals surface area contributed by atoms with Gasteiger partial charge in [-0.3, -0.25) is 0 Å². The van der Waals surface area contributed by atoms with E-state index in [1.54, 1.807) is 0 Å². The fraction of sp³-hybridized carbons (Fsp3) is 0.143. The fourth-order valence-electron chi connectivity index (χ4n) is 1.54. The van der Waals surface area contributed by atoms with Gasteiger partial charge in [0.05, 0.1) is 0 Å². The maximum Gasteiger partial charge on any atom is -0.0273 e. The number of allylic oxidation sites excluding steroid dienone is 18. The molecule has 0 heteroatoms. The molecule has 0 N–H and O–H groups in total. The Hall–Kier alpha value is -2.34. The Kier molecular flexibility index (Phi) is 11.2. The Balaban J connectivity index is 2.56. The van der Waals surface area contributed by atoms with Gasteiger partial charge in [0, 0.05) is 0 Å². The summed E-state index contributed by atoms with van der Waals surface area (Å²) in [7, 11) is 0. The molecule has 1 aliphatic carbocycles. The van der Waals surface area contributed by atoms with E-state index < -0.39 is 0 Å². The molecule has 0 aromatic carbocycles. The van der Waals surface area contributed by atoms with Crippen LogP contribution in [0, 0.1) is 6.08 Å². The first-order valence-corrected chi connectivity index (χ1v) is 7.38. The van der Waals surface area contributed by atoms with Crippen molar-refractivity contribution in [1.29, 1.82) is 0 Å². The van der Waals surface area contributed by atoms with E-state index in [2.05, 4.69) is 24.3 Å². The molecule has 21 heavy (non-hydrogen) atoms. The van der Waals surface area contributed by atoms with Crippen LogP contribution in [0.25, 0.3) is 0 Å². The van der Waals surface area contributed by atoms with Crippen LogP contribution in [0.1, 0.15) is 19.3 Å². The SMILES string of the molecule is [C]1=C/C=C/C=C/C=C/C=C\C=C\C=C\C=C\C=C\CCC/1. The lowest BCUT2D eigenvalue weighted by molar-refractivity contribution is 0.855. The van der Waals surface area contributed by atoms with E-state index in [-0.39, 0.29) is 0 Å². The molecule has 0 aliphatic heterocycles. The third kappa shape index (κ3) is 12.4. The summed E-state index contributed by atoms with van der Waals surface area (Å²) < 4.78 is 0. The van der Waals surface area contributed by atoms with Gasteiger partial charge in [-0.05, 0) is 25.3 Å². The average Bonchev–Trinajstić information content (AvgIpc) is 2.50. The summed E-state index contributed by atoms with van der Waals surface area (Å²) in [6.07, 6.45) is 41.0. The minimum Gasteiger partial charge on any atom is -0.0845 e. The third-order valence-electron chi connectivity index (χ3n) is 2.60. The summed E-state index contributed by atoms with van der Waals surface area (Å²) in [5, 5.41) is 0. The van der Waals surface area contributed by atoms with E-state index >= 15 is 0 Å². The molecule has 0 saturated heterocycles. The normalized spacial score (nSPS) is 30.9. The van der Waals surface area contributed by atoms with Crippen LogP contribution in [-0.2, 0) is 0 Å². The largest absolute Gasteiger partial charge is 0.0845 e. The molecular formula is C21H23. The van der Waals surface area contributed by atoms with Gasteiger partial charge in [0.25, 0.3) is 0 Å². The molecule has 107 valence electrons. The molecule has 1 radical (unpaired) electrons. The highest BCUT2D eigenvalue weighted by molar-refractivity contribution is 5.21. The lowest BCUT2D eigenvalue weighted by Crippen LogP contribution is -1.68. The van der Waals surface area contributed by atoms with Gasteiger partial charge in [-0.25, -0.2) is 0 Å². The Morgan fingerprint density at radius 2 is 0.905 bits per heavy atom. The topological polar surface area (TPSA) is 0 Å². The van der Waals surface area contributed by atoms with Crippen molar-refractivity contribution < 1.29 is 0 Å². The first kappa shape index (κ1) is 16.7. The zero-order valence-corrected chi connectivity index (χ0v) is 12.4. The van der Waals surface area contributed by atoms with Gasteiger partial charge in [-0.2, -0.15) is 0 Å². The van der Waals surface area contributed by atoms with Crippen molar-refractivity contribution in [2.75, 3.05) is 0 Å². The lowest BCUT2D eigenvalue weighted by Gasteiger charge is -1.87. The summed E-state index contributed by atoms with van der Waals surface area (Å²) >= 11 is 0. The molecule has 0 spiro atoms. The molecule has 0 fully saturated rings. The predicted molar refractivity (Wildman–Crippen MR) is 94.8 cm³/mol. The van der Waals surface area contributed by atoms with Crippen molar-refractivity contribution in [1.82, 2.24) is 0 Å². The maximum atomic E-state index is 3.27. The van der Waals surface area contributed by atoms with E-state index in [4.69, 9.17) is 0 Å². The third-order valence-corrected chi connectivity index (χ3v) is 2.60. The maximum absolute atomic E-state index is 3.27. The van der Waals surface area contributed by atoms with Crippen LogP contribution in [0.15, 0.2) is 103 Å².